The second kappa shape index (κ2) is 9.04. The van der Waals surface area contributed by atoms with Crippen LogP contribution in [0.4, 0.5) is 0 Å². The first-order valence-electron chi connectivity index (χ1n) is 10.2. The van der Waals surface area contributed by atoms with Crippen LogP contribution < -0.4 is 15.0 Å². The molecule has 0 unspecified atom stereocenters. The molecule has 0 radical (unpaired) electrons. The fourth-order valence-electron chi connectivity index (χ4n) is 3.65. The van der Waals surface area contributed by atoms with Gasteiger partial charge in [0.2, 0.25) is 0 Å². The predicted molar refractivity (Wildman–Crippen MR) is 112 cm³/mol. The van der Waals surface area contributed by atoms with Gasteiger partial charge in [-0.25, -0.2) is 15.0 Å². The summed E-state index contributed by atoms with van der Waals surface area (Å²) in [4.78, 5) is 30.5. The first-order valence-corrected chi connectivity index (χ1v) is 10.2. The molecule has 1 aliphatic heterocycles. The van der Waals surface area contributed by atoms with Gasteiger partial charge in [-0.15, -0.1) is 0 Å². The number of nitrogens with zero attached hydrogens (tertiary/aromatic N) is 4. The molecule has 3 aromatic rings. The molecule has 0 aliphatic carbocycles. The molecular weight excluding hydrogens is 382 g/mol. The third-order valence-electron chi connectivity index (χ3n) is 5.02. The smallest absolute Gasteiger partial charge is 0.255 e. The standard InChI is InChI=1S/C22H25N5O3/c1-3-29-17-5-6-20(30-4-2)15(9-17)12-27-8-7-19-18(13-27)22(28)26-21(25-19)16-10-23-14-24-11-16/h5-6,9-11,14H,3-4,7-8,12-13H2,1-2H3,(H,25,26,28). The topological polar surface area (TPSA) is 93.2 Å². The van der Waals surface area contributed by atoms with Gasteiger partial charge in [0.1, 0.15) is 23.7 Å². The summed E-state index contributed by atoms with van der Waals surface area (Å²) in [7, 11) is 0. The van der Waals surface area contributed by atoms with Gasteiger partial charge in [-0.1, -0.05) is 0 Å². The summed E-state index contributed by atoms with van der Waals surface area (Å²) in [5.74, 6) is 2.18. The number of ether oxygens (including phenoxy) is 2. The predicted octanol–water partition coefficient (Wildman–Crippen LogP) is 2.58. The molecule has 0 saturated heterocycles. The quantitative estimate of drug-likeness (QED) is 0.643. The van der Waals surface area contributed by atoms with Gasteiger partial charge in [0.25, 0.3) is 5.56 Å². The van der Waals surface area contributed by atoms with Crippen LogP contribution in [0.15, 0.2) is 41.7 Å². The monoisotopic (exact) mass is 407 g/mol. The van der Waals surface area contributed by atoms with E-state index in [-0.39, 0.29) is 5.56 Å². The van der Waals surface area contributed by atoms with Crippen molar-refractivity contribution < 1.29 is 9.47 Å². The number of hydrogen-bond donors (Lipinski definition) is 1. The Hall–Kier alpha value is -3.26. The van der Waals surface area contributed by atoms with Gasteiger partial charge in [0.15, 0.2) is 0 Å². The van der Waals surface area contributed by atoms with E-state index in [0.29, 0.717) is 49.7 Å². The Balaban J connectivity index is 1.57. The van der Waals surface area contributed by atoms with E-state index in [9.17, 15) is 4.79 Å². The lowest BCUT2D eigenvalue weighted by atomic mass is 10.1. The van der Waals surface area contributed by atoms with Crippen molar-refractivity contribution in [2.45, 2.75) is 33.4 Å². The average Bonchev–Trinajstić information content (AvgIpc) is 2.77. The Morgan fingerprint density at radius 1 is 1.13 bits per heavy atom. The zero-order valence-electron chi connectivity index (χ0n) is 17.2. The second-order valence-electron chi connectivity index (χ2n) is 7.06. The highest BCUT2D eigenvalue weighted by atomic mass is 16.5. The van der Waals surface area contributed by atoms with E-state index in [0.717, 1.165) is 29.3 Å². The van der Waals surface area contributed by atoms with Crippen molar-refractivity contribution in [3.05, 3.63) is 64.1 Å². The molecule has 0 atom stereocenters. The molecule has 8 heteroatoms. The number of benzene rings is 1. The van der Waals surface area contributed by atoms with E-state index in [1.165, 1.54) is 6.33 Å². The Morgan fingerprint density at radius 3 is 2.70 bits per heavy atom. The summed E-state index contributed by atoms with van der Waals surface area (Å²) in [5, 5.41) is 0. The van der Waals surface area contributed by atoms with Crippen LogP contribution in [0.2, 0.25) is 0 Å². The fourth-order valence-corrected chi connectivity index (χ4v) is 3.65. The second-order valence-corrected chi connectivity index (χ2v) is 7.06. The largest absolute Gasteiger partial charge is 0.494 e. The number of aromatic amines is 1. The van der Waals surface area contributed by atoms with Gasteiger partial charge in [0.05, 0.1) is 30.0 Å². The van der Waals surface area contributed by atoms with Crippen LogP contribution in [0.1, 0.15) is 30.7 Å². The van der Waals surface area contributed by atoms with E-state index >= 15 is 0 Å². The first-order chi connectivity index (χ1) is 14.7. The molecule has 4 rings (SSSR count). The summed E-state index contributed by atoms with van der Waals surface area (Å²) >= 11 is 0. The van der Waals surface area contributed by atoms with E-state index < -0.39 is 0 Å². The molecule has 2 aromatic heterocycles. The molecule has 0 bridgehead atoms. The highest BCUT2D eigenvalue weighted by Crippen LogP contribution is 2.27. The summed E-state index contributed by atoms with van der Waals surface area (Å²) in [6.07, 6.45) is 5.45. The number of aromatic nitrogens is 4. The molecule has 8 nitrogen and oxygen atoms in total. The van der Waals surface area contributed by atoms with Crippen molar-refractivity contribution >= 4 is 0 Å². The van der Waals surface area contributed by atoms with Crippen LogP contribution in [-0.2, 0) is 19.5 Å². The summed E-state index contributed by atoms with van der Waals surface area (Å²) in [6, 6.07) is 5.89. The zero-order chi connectivity index (χ0) is 20.9. The molecule has 0 amide bonds. The number of H-pyrrole nitrogens is 1. The highest BCUT2D eigenvalue weighted by Gasteiger charge is 2.23. The molecule has 1 aromatic carbocycles. The molecule has 1 aliphatic rings. The number of hydrogen-bond acceptors (Lipinski definition) is 7. The van der Waals surface area contributed by atoms with Gasteiger partial charge in [-0.05, 0) is 32.0 Å². The van der Waals surface area contributed by atoms with Crippen LogP contribution in [0.5, 0.6) is 11.5 Å². The van der Waals surface area contributed by atoms with E-state index in [4.69, 9.17) is 9.47 Å². The van der Waals surface area contributed by atoms with E-state index in [2.05, 4.69) is 24.8 Å². The molecular formula is C22H25N5O3. The number of fused-ring (bicyclic) bond motifs is 1. The first kappa shape index (κ1) is 20.0. The number of rotatable bonds is 7. The normalized spacial score (nSPS) is 13.7. The Bertz CT molecular complexity index is 1070. The van der Waals surface area contributed by atoms with E-state index in [1.54, 1.807) is 12.4 Å². The van der Waals surface area contributed by atoms with Gasteiger partial charge in [-0.2, -0.15) is 0 Å². The summed E-state index contributed by atoms with van der Waals surface area (Å²) in [6.45, 7) is 7.15. The van der Waals surface area contributed by atoms with Crippen LogP contribution in [0.3, 0.4) is 0 Å². The molecule has 3 heterocycles. The highest BCUT2D eigenvalue weighted by molar-refractivity contribution is 5.52. The van der Waals surface area contributed by atoms with Crippen molar-refractivity contribution in [3.8, 4) is 22.9 Å². The molecule has 0 fully saturated rings. The minimum Gasteiger partial charge on any atom is -0.494 e. The lowest BCUT2D eigenvalue weighted by Crippen LogP contribution is -2.35. The van der Waals surface area contributed by atoms with Gasteiger partial charge >= 0.3 is 0 Å². The van der Waals surface area contributed by atoms with E-state index in [1.807, 2.05) is 32.0 Å². The van der Waals surface area contributed by atoms with Crippen LogP contribution in [0.25, 0.3) is 11.4 Å². The lowest BCUT2D eigenvalue weighted by Gasteiger charge is -2.28. The Morgan fingerprint density at radius 2 is 1.93 bits per heavy atom. The third-order valence-corrected chi connectivity index (χ3v) is 5.02. The maximum absolute atomic E-state index is 12.8. The summed E-state index contributed by atoms with van der Waals surface area (Å²) in [5.41, 5.74) is 3.18. The minimum atomic E-state index is -0.114. The maximum Gasteiger partial charge on any atom is 0.255 e. The molecule has 156 valence electrons. The number of nitrogens with one attached hydrogen (secondary N) is 1. The zero-order valence-corrected chi connectivity index (χ0v) is 17.2. The third kappa shape index (κ3) is 4.33. The van der Waals surface area contributed by atoms with Crippen molar-refractivity contribution in [3.63, 3.8) is 0 Å². The fraction of sp³-hybridized carbons (Fsp3) is 0.364. The van der Waals surface area contributed by atoms with Crippen LogP contribution >= 0.6 is 0 Å². The van der Waals surface area contributed by atoms with Gasteiger partial charge in [0, 0.05) is 44.0 Å². The lowest BCUT2D eigenvalue weighted by molar-refractivity contribution is 0.235. The maximum atomic E-state index is 12.8. The molecule has 1 N–H and O–H groups in total. The molecule has 0 saturated carbocycles. The van der Waals surface area contributed by atoms with Crippen LogP contribution in [0, 0.1) is 0 Å². The van der Waals surface area contributed by atoms with Crippen LogP contribution in [-0.4, -0.2) is 44.6 Å². The van der Waals surface area contributed by atoms with Crippen molar-refractivity contribution in [2.24, 2.45) is 0 Å². The Labute approximate surface area is 174 Å². The molecule has 30 heavy (non-hydrogen) atoms. The van der Waals surface area contributed by atoms with Crippen molar-refractivity contribution in [1.29, 1.82) is 0 Å². The van der Waals surface area contributed by atoms with Gasteiger partial charge < -0.3 is 14.5 Å². The van der Waals surface area contributed by atoms with Crippen molar-refractivity contribution in [2.75, 3.05) is 19.8 Å². The van der Waals surface area contributed by atoms with Crippen molar-refractivity contribution in [1.82, 2.24) is 24.8 Å². The summed E-state index contributed by atoms with van der Waals surface area (Å²) < 4.78 is 11.4. The minimum absolute atomic E-state index is 0.114. The SMILES string of the molecule is CCOc1ccc(OCC)c(CN2CCc3nc(-c4cncnc4)[nH]c(=O)c3C2)c1. The Kier molecular flexibility index (Phi) is 6.04. The average molecular weight is 407 g/mol. The molecule has 0 spiro atoms. The van der Waals surface area contributed by atoms with Gasteiger partial charge in [-0.3, -0.25) is 9.69 Å².